The van der Waals surface area contributed by atoms with Crippen molar-refractivity contribution in [1.29, 1.82) is 0 Å². The van der Waals surface area contributed by atoms with E-state index in [9.17, 15) is 9.59 Å². The molecule has 0 aromatic carbocycles. The van der Waals surface area contributed by atoms with Crippen molar-refractivity contribution in [3.05, 3.63) is 46.8 Å². The molecule has 31 heavy (non-hydrogen) atoms. The SMILES string of the molecule is COC1CC(C)(CCC=C(C)C)C(C=COC(=O)C=C(C)C)C2=C1COC2CC(C)=O. The molecule has 0 saturated heterocycles. The molecule has 5 nitrogen and oxygen atoms in total. The molecule has 0 aromatic heterocycles. The Hall–Kier alpha value is -1.98. The van der Waals surface area contributed by atoms with Crippen LogP contribution in [0.2, 0.25) is 0 Å². The Labute approximate surface area is 187 Å². The van der Waals surface area contributed by atoms with Crippen LogP contribution in [0.1, 0.15) is 67.2 Å². The van der Waals surface area contributed by atoms with Gasteiger partial charge in [0.2, 0.25) is 0 Å². The number of carbonyl (C=O) groups excluding carboxylic acids is 2. The molecule has 0 N–H and O–H groups in total. The van der Waals surface area contributed by atoms with E-state index in [0.29, 0.717) is 13.0 Å². The molecule has 2 aliphatic rings. The maximum absolute atomic E-state index is 12.0. The zero-order valence-electron chi connectivity index (χ0n) is 20.1. The monoisotopic (exact) mass is 430 g/mol. The lowest BCUT2D eigenvalue weighted by atomic mass is 9.61. The van der Waals surface area contributed by atoms with Gasteiger partial charge in [-0.25, -0.2) is 4.79 Å². The highest BCUT2D eigenvalue weighted by Crippen LogP contribution is 2.52. The first kappa shape index (κ1) is 25.3. The molecular formula is C26H38O5. The minimum absolute atomic E-state index is 0.00538. The van der Waals surface area contributed by atoms with Crippen molar-refractivity contribution in [3.63, 3.8) is 0 Å². The Bertz CT molecular complexity index is 793. The summed E-state index contributed by atoms with van der Waals surface area (Å²) in [7, 11) is 1.74. The van der Waals surface area contributed by atoms with Gasteiger partial charge in [0.05, 0.1) is 25.1 Å². The number of methoxy groups -OCH3 is 1. The average Bonchev–Trinajstić information content (AvgIpc) is 3.05. The Morgan fingerprint density at radius 3 is 2.45 bits per heavy atom. The van der Waals surface area contributed by atoms with E-state index in [4.69, 9.17) is 14.2 Å². The Kier molecular flexibility index (Phi) is 9.01. The van der Waals surface area contributed by atoms with Crippen molar-refractivity contribution in [1.82, 2.24) is 0 Å². The molecule has 5 heteroatoms. The van der Waals surface area contributed by atoms with Gasteiger partial charge in [-0.15, -0.1) is 0 Å². The first-order valence-corrected chi connectivity index (χ1v) is 11.1. The molecule has 0 radical (unpaired) electrons. The number of hydrogen-bond donors (Lipinski definition) is 0. The summed E-state index contributed by atoms with van der Waals surface area (Å²) in [4.78, 5) is 23.9. The predicted octanol–water partition coefficient (Wildman–Crippen LogP) is 5.47. The number of carbonyl (C=O) groups is 2. The first-order chi connectivity index (χ1) is 14.6. The number of ether oxygens (including phenoxy) is 3. The third-order valence-corrected chi connectivity index (χ3v) is 6.17. The van der Waals surface area contributed by atoms with Crippen molar-refractivity contribution >= 4 is 11.8 Å². The van der Waals surface area contributed by atoms with Gasteiger partial charge >= 0.3 is 5.97 Å². The van der Waals surface area contributed by atoms with Gasteiger partial charge in [-0.2, -0.15) is 0 Å². The van der Waals surface area contributed by atoms with E-state index >= 15 is 0 Å². The van der Waals surface area contributed by atoms with Crippen LogP contribution in [0.25, 0.3) is 0 Å². The van der Waals surface area contributed by atoms with Crippen LogP contribution < -0.4 is 0 Å². The number of Topliss-reactive ketones (excluding diaryl/α,β-unsaturated/α-hetero) is 1. The highest BCUT2D eigenvalue weighted by Gasteiger charge is 2.48. The maximum atomic E-state index is 12.0. The van der Waals surface area contributed by atoms with E-state index < -0.39 is 0 Å². The van der Waals surface area contributed by atoms with Crippen molar-refractivity contribution < 1.29 is 23.8 Å². The summed E-state index contributed by atoms with van der Waals surface area (Å²) in [6, 6.07) is 0. The van der Waals surface area contributed by atoms with Crippen molar-refractivity contribution in [2.24, 2.45) is 11.3 Å². The number of esters is 1. The van der Waals surface area contributed by atoms with Crippen LogP contribution in [0.4, 0.5) is 0 Å². The molecule has 0 spiro atoms. The van der Waals surface area contributed by atoms with Crippen molar-refractivity contribution in [2.45, 2.75) is 79.4 Å². The van der Waals surface area contributed by atoms with Gasteiger partial charge < -0.3 is 14.2 Å². The van der Waals surface area contributed by atoms with Crippen LogP contribution in [0.3, 0.4) is 0 Å². The van der Waals surface area contributed by atoms with Crippen molar-refractivity contribution in [2.75, 3.05) is 13.7 Å². The molecule has 1 aliphatic carbocycles. The highest BCUT2D eigenvalue weighted by atomic mass is 16.5. The number of allylic oxidation sites excluding steroid dienone is 4. The maximum Gasteiger partial charge on any atom is 0.335 e. The Morgan fingerprint density at radius 1 is 1.16 bits per heavy atom. The second-order valence-electron chi connectivity index (χ2n) is 9.55. The molecule has 172 valence electrons. The molecule has 0 saturated carbocycles. The number of hydrogen-bond acceptors (Lipinski definition) is 5. The van der Waals surface area contributed by atoms with Crippen LogP contribution in [0.5, 0.6) is 0 Å². The molecule has 2 rings (SSSR count). The van der Waals surface area contributed by atoms with Gasteiger partial charge in [-0.3, -0.25) is 4.79 Å². The van der Waals surface area contributed by atoms with E-state index in [1.807, 2.05) is 19.9 Å². The summed E-state index contributed by atoms with van der Waals surface area (Å²) in [6.45, 7) is 12.3. The number of ketones is 1. The predicted molar refractivity (Wildman–Crippen MR) is 122 cm³/mol. The van der Waals surface area contributed by atoms with Crippen LogP contribution >= 0.6 is 0 Å². The molecule has 4 unspecified atom stereocenters. The van der Waals surface area contributed by atoms with E-state index in [0.717, 1.165) is 36.0 Å². The molecule has 0 aromatic rings. The topological polar surface area (TPSA) is 61.8 Å². The largest absolute Gasteiger partial charge is 0.432 e. The zero-order chi connectivity index (χ0) is 23.2. The van der Waals surface area contributed by atoms with Gasteiger partial charge in [0.1, 0.15) is 5.78 Å². The van der Waals surface area contributed by atoms with Crippen molar-refractivity contribution in [3.8, 4) is 0 Å². The van der Waals surface area contributed by atoms with Crippen LogP contribution in [-0.4, -0.2) is 37.7 Å². The highest BCUT2D eigenvalue weighted by molar-refractivity contribution is 5.83. The molecule has 0 bridgehead atoms. The van der Waals surface area contributed by atoms with Gasteiger partial charge in [-0.1, -0.05) is 24.1 Å². The third kappa shape index (κ3) is 6.75. The lowest BCUT2D eigenvalue weighted by Gasteiger charge is -2.45. The summed E-state index contributed by atoms with van der Waals surface area (Å²) in [5, 5.41) is 0. The summed E-state index contributed by atoms with van der Waals surface area (Å²) in [5.41, 5.74) is 4.33. The van der Waals surface area contributed by atoms with E-state index in [2.05, 4.69) is 26.8 Å². The second kappa shape index (κ2) is 11.1. The minimum Gasteiger partial charge on any atom is -0.432 e. The fourth-order valence-electron chi connectivity index (χ4n) is 4.69. The summed E-state index contributed by atoms with van der Waals surface area (Å²) < 4.78 is 17.3. The average molecular weight is 431 g/mol. The number of rotatable bonds is 9. The van der Waals surface area contributed by atoms with Crippen LogP contribution in [0, 0.1) is 11.3 Å². The molecule has 0 amide bonds. The van der Waals surface area contributed by atoms with Gasteiger partial charge in [0, 0.05) is 25.5 Å². The smallest absolute Gasteiger partial charge is 0.335 e. The summed E-state index contributed by atoms with van der Waals surface area (Å²) in [6.07, 6.45) is 10.0. The second-order valence-corrected chi connectivity index (χ2v) is 9.55. The molecular weight excluding hydrogens is 392 g/mol. The summed E-state index contributed by atoms with van der Waals surface area (Å²) >= 11 is 0. The molecule has 1 heterocycles. The first-order valence-electron chi connectivity index (χ1n) is 11.1. The van der Waals surface area contributed by atoms with E-state index in [-0.39, 0.29) is 35.3 Å². The summed E-state index contributed by atoms with van der Waals surface area (Å²) in [5.74, 6) is -0.279. The third-order valence-electron chi connectivity index (χ3n) is 6.17. The molecule has 1 aliphatic heterocycles. The zero-order valence-corrected chi connectivity index (χ0v) is 20.1. The fraction of sp³-hybridized carbons (Fsp3) is 0.615. The quantitative estimate of drug-likeness (QED) is 0.210. The van der Waals surface area contributed by atoms with Gasteiger partial charge in [0.25, 0.3) is 0 Å². The van der Waals surface area contributed by atoms with Crippen LogP contribution in [-0.2, 0) is 23.8 Å². The lowest BCUT2D eigenvalue weighted by Crippen LogP contribution is -2.40. The standard InChI is InChI=1S/C26H38O5/c1-17(2)9-8-11-26(6)15-23(29-7)20-16-31-22(14-19(5)27)25(20)21(26)10-12-30-24(28)13-18(3)4/h9-10,12-13,21-23H,8,11,14-16H2,1-7H3. The van der Waals surface area contributed by atoms with E-state index in [1.54, 1.807) is 14.0 Å². The van der Waals surface area contributed by atoms with Gasteiger partial charge in [-0.05, 0) is 76.5 Å². The molecule has 0 fully saturated rings. The minimum atomic E-state index is -0.384. The Balaban J connectivity index is 2.42. The Morgan fingerprint density at radius 2 is 1.87 bits per heavy atom. The van der Waals surface area contributed by atoms with Crippen LogP contribution in [0.15, 0.2) is 46.8 Å². The lowest BCUT2D eigenvalue weighted by molar-refractivity contribution is -0.132. The normalized spacial score (nSPS) is 27.8. The fourth-order valence-corrected chi connectivity index (χ4v) is 4.69. The molecule has 4 atom stereocenters. The van der Waals surface area contributed by atoms with E-state index in [1.165, 1.54) is 17.9 Å². The van der Waals surface area contributed by atoms with Gasteiger partial charge in [0.15, 0.2) is 0 Å².